The largest absolute Gasteiger partial charge is 0.349 e. The molecule has 0 aromatic heterocycles. The van der Waals surface area contributed by atoms with Crippen LogP contribution in [0.15, 0.2) is 11.8 Å². The predicted molar refractivity (Wildman–Crippen MR) is 67.9 cm³/mol. The third kappa shape index (κ3) is 2.95. The number of hydrogen-bond acceptors (Lipinski definition) is 3. The van der Waals surface area contributed by atoms with Crippen molar-refractivity contribution < 1.29 is 8.42 Å². The monoisotopic (exact) mass is 260 g/mol. The Hall–Kier alpha value is -0.620. The minimum absolute atomic E-state index is 0.0982. The quantitative estimate of drug-likeness (QED) is 0.702. The molecule has 0 aliphatic carbocycles. The molecule has 2 heterocycles. The molecule has 0 radical (unpaired) electrons. The third-order valence-electron chi connectivity index (χ3n) is 2.87. The summed E-state index contributed by atoms with van der Waals surface area (Å²) in [5, 5.41) is 3.71. The Balaban J connectivity index is 1.88. The highest BCUT2D eigenvalue weighted by molar-refractivity contribution is 7.92. The van der Waals surface area contributed by atoms with Crippen molar-refractivity contribution in [3.05, 3.63) is 11.8 Å². The molecule has 2 aliphatic rings. The van der Waals surface area contributed by atoms with Crippen LogP contribution < -0.4 is 5.32 Å². The Labute approximate surface area is 102 Å². The van der Waals surface area contributed by atoms with Gasteiger partial charge in [-0.1, -0.05) is 0 Å². The van der Waals surface area contributed by atoms with Crippen LogP contribution in [0.2, 0.25) is 0 Å². The lowest BCUT2D eigenvalue weighted by molar-refractivity contribution is 0.340. The highest BCUT2D eigenvalue weighted by Gasteiger charge is 2.22. The van der Waals surface area contributed by atoms with Crippen LogP contribution in [0.5, 0.6) is 0 Å². The van der Waals surface area contributed by atoms with E-state index in [4.69, 9.17) is 12.2 Å². The Morgan fingerprint density at radius 1 is 1.31 bits per heavy atom. The van der Waals surface area contributed by atoms with Crippen LogP contribution in [0.3, 0.4) is 0 Å². The van der Waals surface area contributed by atoms with Crippen LogP contribution in [0.1, 0.15) is 19.3 Å². The molecular weight excluding hydrogens is 244 g/mol. The fourth-order valence-electron chi connectivity index (χ4n) is 1.98. The maximum atomic E-state index is 11.2. The molecule has 0 aromatic rings. The number of likely N-dealkylation sites (tertiary alicyclic amines) is 1. The van der Waals surface area contributed by atoms with E-state index in [0.29, 0.717) is 5.11 Å². The molecule has 0 amide bonds. The maximum absolute atomic E-state index is 11.2. The van der Waals surface area contributed by atoms with E-state index in [1.807, 2.05) is 0 Å². The number of rotatable bonds is 1. The minimum Gasteiger partial charge on any atom is -0.349 e. The number of nitrogens with one attached hydrogen (secondary N) is 1. The lowest BCUT2D eigenvalue weighted by Crippen LogP contribution is -2.42. The predicted octanol–water partition coefficient (Wildman–Crippen LogP) is 0.659. The van der Waals surface area contributed by atoms with Crippen molar-refractivity contribution >= 4 is 27.2 Å². The van der Waals surface area contributed by atoms with Gasteiger partial charge in [0, 0.05) is 18.8 Å². The van der Waals surface area contributed by atoms with E-state index >= 15 is 0 Å². The van der Waals surface area contributed by atoms with E-state index in [1.165, 1.54) is 19.3 Å². The minimum atomic E-state index is -2.91. The highest BCUT2D eigenvalue weighted by atomic mass is 32.2. The van der Waals surface area contributed by atoms with E-state index in [-0.39, 0.29) is 11.5 Å². The van der Waals surface area contributed by atoms with Crippen LogP contribution in [0.25, 0.3) is 0 Å². The summed E-state index contributed by atoms with van der Waals surface area (Å²) >= 11 is 5.26. The molecule has 1 N–H and O–H groups in total. The topological polar surface area (TPSA) is 49.4 Å². The molecular formula is C10H16N2O2S2. The van der Waals surface area contributed by atoms with Crippen molar-refractivity contribution in [3.63, 3.8) is 0 Å². The highest BCUT2D eigenvalue weighted by Crippen LogP contribution is 2.12. The third-order valence-corrected chi connectivity index (χ3v) is 4.66. The van der Waals surface area contributed by atoms with Crippen molar-refractivity contribution in [2.24, 2.45) is 0 Å². The number of piperidine rings is 1. The van der Waals surface area contributed by atoms with Crippen molar-refractivity contribution in [1.82, 2.24) is 10.2 Å². The lowest BCUT2D eigenvalue weighted by atomic mass is 10.1. The van der Waals surface area contributed by atoms with Gasteiger partial charge in [-0.05, 0) is 37.6 Å². The van der Waals surface area contributed by atoms with Gasteiger partial charge in [0.25, 0.3) is 0 Å². The van der Waals surface area contributed by atoms with Gasteiger partial charge in [-0.3, -0.25) is 0 Å². The Kier molecular flexibility index (Phi) is 3.49. The van der Waals surface area contributed by atoms with Crippen molar-refractivity contribution in [2.75, 3.05) is 24.6 Å². The molecule has 90 valence electrons. The molecule has 2 aliphatic heterocycles. The number of thiocarbonyl (C=S) groups is 1. The Morgan fingerprint density at radius 3 is 2.56 bits per heavy atom. The molecule has 0 saturated carbocycles. The first kappa shape index (κ1) is 11.9. The fraction of sp³-hybridized carbons (Fsp3) is 0.700. The van der Waals surface area contributed by atoms with Gasteiger partial charge in [-0.2, -0.15) is 0 Å². The summed E-state index contributed by atoms with van der Waals surface area (Å²) < 4.78 is 22.5. The fourth-order valence-corrected chi connectivity index (χ4v) is 3.53. The van der Waals surface area contributed by atoms with E-state index in [0.717, 1.165) is 18.8 Å². The van der Waals surface area contributed by atoms with Gasteiger partial charge in [0.2, 0.25) is 0 Å². The molecule has 1 fully saturated rings. The van der Waals surface area contributed by atoms with E-state index in [2.05, 4.69) is 10.2 Å². The first-order valence-corrected chi connectivity index (χ1v) is 7.75. The number of sulfone groups is 1. The second-order valence-electron chi connectivity index (χ2n) is 4.26. The summed E-state index contributed by atoms with van der Waals surface area (Å²) in [6.45, 7) is 1.96. The Bertz CT molecular complexity index is 409. The van der Waals surface area contributed by atoms with Gasteiger partial charge < -0.3 is 10.2 Å². The van der Waals surface area contributed by atoms with E-state index < -0.39 is 9.84 Å². The van der Waals surface area contributed by atoms with Gasteiger partial charge in [0.15, 0.2) is 14.9 Å². The van der Waals surface area contributed by atoms with E-state index in [1.54, 1.807) is 6.08 Å². The normalized spacial score (nSPS) is 24.0. The van der Waals surface area contributed by atoms with Crippen molar-refractivity contribution in [1.29, 1.82) is 0 Å². The average molecular weight is 260 g/mol. The average Bonchev–Trinajstić information content (AvgIpc) is 2.59. The SMILES string of the molecule is O=S1(=O)CC=C(NC(=S)N2CCCCC2)C1. The Morgan fingerprint density at radius 2 is 2.00 bits per heavy atom. The van der Waals surface area contributed by atoms with Crippen LogP contribution in [-0.2, 0) is 9.84 Å². The molecule has 0 atom stereocenters. The number of nitrogens with zero attached hydrogens (tertiary/aromatic N) is 1. The van der Waals surface area contributed by atoms with Crippen LogP contribution in [0, 0.1) is 0 Å². The van der Waals surface area contributed by atoms with E-state index in [9.17, 15) is 8.42 Å². The van der Waals surface area contributed by atoms with Crippen LogP contribution >= 0.6 is 12.2 Å². The molecule has 1 saturated heterocycles. The van der Waals surface area contributed by atoms with Gasteiger partial charge >= 0.3 is 0 Å². The van der Waals surface area contributed by atoms with Crippen LogP contribution in [-0.4, -0.2) is 43.0 Å². The zero-order chi connectivity index (χ0) is 11.6. The molecule has 16 heavy (non-hydrogen) atoms. The maximum Gasteiger partial charge on any atom is 0.173 e. The van der Waals surface area contributed by atoms with Crippen molar-refractivity contribution in [2.45, 2.75) is 19.3 Å². The molecule has 6 heteroatoms. The molecule has 0 spiro atoms. The lowest BCUT2D eigenvalue weighted by Gasteiger charge is -2.29. The van der Waals surface area contributed by atoms with Gasteiger partial charge in [0.1, 0.15) is 0 Å². The van der Waals surface area contributed by atoms with Gasteiger partial charge in [-0.15, -0.1) is 0 Å². The summed E-state index contributed by atoms with van der Waals surface area (Å²) in [6, 6.07) is 0. The van der Waals surface area contributed by atoms with Gasteiger partial charge in [0.05, 0.1) is 11.5 Å². The van der Waals surface area contributed by atoms with Crippen molar-refractivity contribution in [3.8, 4) is 0 Å². The second-order valence-corrected chi connectivity index (χ2v) is 6.76. The summed E-state index contributed by atoms with van der Waals surface area (Å²) in [6.07, 6.45) is 5.31. The number of hydrogen-bond donors (Lipinski definition) is 1. The molecule has 0 unspecified atom stereocenters. The molecule has 2 rings (SSSR count). The summed E-state index contributed by atoms with van der Waals surface area (Å²) in [5.74, 6) is 0.235. The molecule has 4 nitrogen and oxygen atoms in total. The smallest absolute Gasteiger partial charge is 0.173 e. The second kappa shape index (κ2) is 4.71. The summed E-state index contributed by atoms with van der Waals surface area (Å²) in [7, 11) is -2.91. The summed E-state index contributed by atoms with van der Waals surface area (Å²) in [5.41, 5.74) is 0.732. The zero-order valence-electron chi connectivity index (χ0n) is 9.11. The molecule has 0 aromatic carbocycles. The first-order valence-electron chi connectivity index (χ1n) is 5.52. The first-order chi connectivity index (χ1) is 7.57. The van der Waals surface area contributed by atoms with Crippen LogP contribution in [0.4, 0.5) is 0 Å². The zero-order valence-corrected chi connectivity index (χ0v) is 10.7. The summed E-state index contributed by atoms with van der Waals surface area (Å²) in [4.78, 5) is 2.12. The standard InChI is InChI=1S/C10H16N2O2S2/c13-16(14)7-4-9(8-16)11-10(15)12-5-2-1-3-6-12/h4H,1-3,5-8H2,(H,11,15). The molecule has 0 bridgehead atoms. The van der Waals surface area contributed by atoms with Gasteiger partial charge in [-0.25, -0.2) is 8.42 Å².